The lowest BCUT2D eigenvalue weighted by atomic mass is 10.0. The van der Waals surface area contributed by atoms with Gasteiger partial charge in [0, 0.05) is 12.6 Å². The second-order valence-electron chi connectivity index (χ2n) is 8.84. The van der Waals surface area contributed by atoms with Gasteiger partial charge in [-0.05, 0) is 18.6 Å². The highest BCUT2D eigenvalue weighted by molar-refractivity contribution is 5.97. The van der Waals surface area contributed by atoms with Crippen LogP contribution < -0.4 is 16.2 Å². The number of rotatable bonds is 18. The Bertz CT molecular complexity index is 667. The van der Waals surface area contributed by atoms with Crippen molar-refractivity contribution in [2.45, 2.75) is 110 Å². The summed E-state index contributed by atoms with van der Waals surface area (Å²) in [6, 6.07) is 3.12. The number of carbonyl (C=O) groups excluding carboxylic acids is 2. The lowest BCUT2D eigenvalue weighted by molar-refractivity contribution is 0.0933. The zero-order valence-electron chi connectivity index (χ0n) is 20.5. The molecule has 188 valence electrons. The fourth-order valence-corrected chi connectivity index (χ4v) is 3.81. The number of hydrazine groups is 1. The van der Waals surface area contributed by atoms with E-state index in [2.05, 4.69) is 23.1 Å². The van der Waals surface area contributed by atoms with Crippen molar-refractivity contribution in [2.24, 2.45) is 0 Å². The average Bonchev–Trinajstić information content (AvgIpc) is 2.79. The van der Waals surface area contributed by atoms with E-state index in [0.29, 0.717) is 6.54 Å². The van der Waals surface area contributed by atoms with Crippen molar-refractivity contribution in [1.29, 1.82) is 0 Å². The van der Waals surface area contributed by atoms with Gasteiger partial charge >= 0.3 is 6.03 Å². The predicted molar refractivity (Wildman–Crippen MR) is 133 cm³/mol. The van der Waals surface area contributed by atoms with E-state index in [1.165, 1.54) is 102 Å². The Morgan fingerprint density at radius 1 is 0.697 bits per heavy atom. The van der Waals surface area contributed by atoms with E-state index in [-0.39, 0.29) is 17.1 Å². The quantitative estimate of drug-likeness (QED) is 0.130. The van der Waals surface area contributed by atoms with Gasteiger partial charge in [0.15, 0.2) is 0 Å². The van der Waals surface area contributed by atoms with Crippen molar-refractivity contribution in [1.82, 2.24) is 16.2 Å². The predicted octanol–water partition coefficient (Wildman–Crippen LogP) is 6.30. The molecule has 0 heterocycles. The van der Waals surface area contributed by atoms with Gasteiger partial charge in [0.1, 0.15) is 11.5 Å². The molecule has 0 unspecified atom stereocenters. The normalized spacial score (nSPS) is 10.7. The van der Waals surface area contributed by atoms with Crippen LogP contribution in [0.15, 0.2) is 18.2 Å². The van der Waals surface area contributed by atoms with Crippen LogP contribution in [0, 0.1) is 0 Å². The molecule has 0 aliphatic carbocycles. The Kier molecular flexibility index (Phi) is 16.5. The van der Waals surface area contributed by atoms with Crippen LogP contribution in [0.2, 0.25) is 0 Å². The molecule has 0 fully saturated rings. The number of amides is 3. The number of unbranched alkanes of at least 4 members (excludes halogenated alkanes) is 15. The molecule has 0 saturated heterocycles. The van der Waals surface area contributed by atoms with E-state index >= 15 is 0 Å². The molecule has 1 rings (SSSR count). The summed E-state index contributed by atoms with van der Waals surface area (Å²) < 4.78 is 0. The minimum absolute atomic E-state index is 0.0362. The molecule has 0 radical (unpaired) electrons. The van der Waals surface area contributed by atoms with E-state index in [9.17, 15) is 19.8 Å². The smallest absolute Gasteiger partial charge is 0.333 e. The van der Waals surface area contributed by atoms with Crippen molar-refractivity contribution >= 4 is 11.9 Å². The second kappa shape index (κ2) is 19.1. The monoisotopic (exact) mass is 463 g/mol. The molecule has 1 aromatic carbocycles. The Morgan fingerprint density at radius 3 is 1.67 bits per heavy atom. The van der Waals surface area contributed by atoms with E-state index in [4.69, 9.17) is 0 Å². The number of benzene rings is 1. The Morgan fingerprint density at radius 2 is 1.18 bits per heavy atom. The molecule has 0 aliphatic heterocycles. The van der Waals surface area contributed by atoms with E-state index < -0.39 is 11.9 Å². The van der Waals surface area contributed by atoms with Crippen molar-refractivity contribution in [3.05, 3.63) is 23.8 Å². The highest BCUT2D eigenvalue weighted by Crippen LogP contribution is 2.22. The van der Waals surface area contributed by atoms with Gasteiger partial charge < -0.3 is 15.5 Å². The molecule has 1 aromatic rings. The summed E-state index contributed by atoms with van der Waals surface area (Å²) in [6.07, 6.45) is 20.9. The number of carbonyl (C=O) groups is 2. The standard InChI is InChI=1S/C26H45N3O4/c1-2-3-4-5-6-7-8-9-10-11-12-13-14-15-16-17-20-27-26(33)29-28-25(32)23-19-18-22(30)21-24(23)31/h18-19,21,30-31H,2-17,20H2,1H3,(H,28,32)(H2,27,29,33). The highest BCUT2D eigenvalue weighted by Gasteiger charge is 2.12. The van der Waals surface area contributed by atoms with Gasteiger partial charge in [-0.1, -0.05) is 103 Å². The topological polar surface area (TPSA) is 111 Å². The fourth-order valence-electron chi connectivity index (χ4n) is 3.81. The maximum atomic E-state index is 11.9. The zero-order chi connectivity index (χ0) is 24.2. The molecule has 0 bridgehead atoms. The van der Waals surface area contributed by atoms with Gasteiger partial charge in [-0.2, -0.15) is 0 Å². The molecule has 0 atom stereocenters. The molecule has 5 N–H and O–H groups in total. The number of phenolic OH excluding ortho intramolecular Hbond substituents is 2. The van der Waals surface area contributed by atoms with Gasteiger partial charge in [-0.25, -0.2) is 10.2 Å². The number of aromatic hydroxyl groups is 2. The van der Waals surface area contributed by atoms with Crippen LogP contribution in [0.5, 0.6) is 11.5 Å². The first-order valence-electron chi connectivity index (χ1n) is 12.9. The molecule has 0 aromatic heterocycles. The number of hydrogen-bond acceptors (Lipinski definition) is 4. The van der Waals surface area contributed by atoms with Crippen LogP contribution in [0.25, 0.3) is 0 Å². The third-order valence-electron chi connectivity index (χ3n) is 5.83. The lowest BCUT2D eigenvalue weighted by Gasteiger charge is -2.10. The van der Waals surface area contributed by atoms with Crippen molar-refractivity contribution < 1.29 is 19.8 Å². The third-order valence-corrected chi connectivity index (χ3v) is 5.83. The Hall–Kier alpha value is -2.44. The van der Waals surface area contributed by atoms with Gasteiger partial charge in [-0.15, -0.1) is 0 Å². The minimum atomic E-state index is -0.662. The van der Waals surface area contributed by atoms with E-state index in [1.54, 1.807) is 0 Å². The van der Waals surface area contributed by atoms with Gasteiger partial charge in [-0.3, -0.25) is 10.2 Å². The van der Waals surface area contributed by atoms with Crippen LogP contribution in [0.3, 0.4) is 0 Å². The number of phenols is 2. The van der Waals surface area contributed by atoms with E-state index in [0.717, 1.165) is 18.9 Å². The van der Waals surface area contributed by atoms with Gasteiger partial charge in [0.2, 0.25) is 0 Å². The summed E-state index contributed by atoms with van der Waals surface area (Å²) in [5, 5.41) is 21.6. The summed E-state index contributed by atoms with van der Waals surface area (Å²) in [5.74, 6) is -1.17. The summed E-state index contributed by atoms with van der Waals surface area (Å²) >= 11 is 0. The number of urea groups is 1. The first-order chi connectivity index (χ1) is 16.0. The second-order valence-corrected chi connectivity index (χ2v) is 8.84. The van der Waals surface area contributed by atoms with E-state index in [1.807, 2.05) is 0 Å². The number of nitrogens with one attached hydrogen (secondary N) is 3. The van der Waals surface area contributed by atoms with Crippen LogP contribution in [-0.4, -0.2) is 28.7 Å². The van der Waals surface area contributed by atoms with Gasteiger partial charge in [0.25, 0.3) is 5.91 Å². The molecule has 0 spiro atoms. The maximum Gasteiger partial charge on any atom is 0.333 e. The summed E-state index contributed by atoms with van der Waals surface area (Å²) in [6.45, 7) is 2.81. The van der Waals surface area contributed by atoms with Crippen molar-refractivity contribution in [2.75, 3.05) is 6.54 Å². The maximum absolute atomic E-state index is 11.9. The largest absolute Gasteiger partial charge is 0.508 e. The zero-order valence-corrected chi connectivity index (χ0v) is 20.5. The van der Waals surface area contributed by atoms with Crippen LogP contribution in [0.1, 0.15) is 120 Å². The lowest BCUT2D eigenvalue weighted by Crippen LogP contribution is -2.47. The molecular formula is C26H45N3O4. The van der Waals surface area contributed by atoms with Crippen LogP contribution >= 0.6 is 0 Å². The Labute approximate surface area is 199 Å². The highest BCUT2D eigenvalue weighted by atomic mass is 16.3. The van der Waals surface area contributed by atoms with Gasteiger partial charge in [0.05, 0.1) is 5.56 Å². The summed E-state index contributed by atoms with van der Waals surface area (Å²) in [4.78, 5) is 23.7. The molecular weight excluding hydrogens is 418 g/mol. The summed E-state index contributed by atoms with van der Waals surface area (Å²) in [7, 11) is 0. The minimum Gasteiger partial charge on any atom is -0.508 e. The van der Waals surface area contributed by atoms with Crippen molar-refractivity contribution in [3.63, 3.8) is 0 Å². The molecule has 3 amide bonds. The SMILES string of the molecule is CCCCCCCCCCCCCCCCCCNC(=O)NNC(=O)c1ccc(O)cc1O. The van der Waals surface area contributed by atoms with Crippen LogP contribution in [0.4, 0.5) is 4.79 Å². The Balaban J connectivity index is 1.87. The molecule has 7 heteroatoms. The molecule has 7 nitrogen and oxygen atoms in total. The molecule has 33 heavy (non-hydrogen) atoms. The average molecular weight is 464 g/mol. The molecule has 0 saturated carbocycles. The molecule has 0 aliphatic rings. The van der Waals surface area contributed by atoms with Crippen molar-refractivity contribution in [3.8, 4) is 11.5 Å². The first kappa shape index (κ1) is 28.6. The summed E-state index contributed by atoms with van der Waals surface area (Å²) in [5.41, 5.74) is 4.44. The first-order valence-corrected chi connectivity index (χ1v) is 12.9. The van der Waals surface area contributed by atoms with Crippen LogP contribution in [-0.2, 0) is 0 Å². The number of hydrogen-bond donors (Lipinski definition) is 5. The fraction of sp³-hybridized carbons (Fsp3) is 0.692. The third kappa shape index (κ3) is 15.1.